The number of benzene rings is 3. The van der Waals surface area contributed by atoms with Crippen LogP contribution in [0.15, 0.2) is 77.3 Å². The third kappa shape index (κ3) is 6.08. The van der Waals surface area contributed by atoms with Gasteiger partial charge in [-0.05, 0) is 52.0 Å². The average Bonchev–Trinajstić information content (AvgIpc) is 3.30. The van der Waals surface area contributed by atoms with Gasteiger partial charge in [-0.2, -0.15) is 4.98 Å². The van der Waals surface area contributed by atoms with Crippen LogP contribution in [0.4, 0.5) is 0 Å². The van der Waals surface area contributed by atoms with Gasteiger partial charge in [0.05, 0.1) is 0 Å². The zero-order chi connectivity index (χ0) is 25.0. The lowest BCUT2D eigenvalue weighted by atomic mass is 10.0. The molecule has 180 valence electrons. The molecule has 0 atom stereocenters. The number of carbonyl (C=O) groups is 1. The second kappa shape index (κ2) is 10.3. The molecule has 35 heavy (non-hydrogen) atoms. The van der Waals surface area contributed by atoms with E-state index in [4.69, 9.17) is 20.9 Å². The molecule has 6 nitrogen and oxygen atoms in total. The van der Waals surface area contributed by atoms with Crippen molar-refractivity contribution >= 4 is 17.5 Å². The molecule has 0 spiro atoms. The molecular weight excluding hydrogens is 462 g/mol. The lowest BCUT2D eigenvalue weighted by Crippen LogP contribution is -2.45. The first-order chi connectivity index (χ1) is 16.7. The minimum absolute atomic E-state index is 0.157. The maximum atomic E-state index is 13.6. The largest absolute Gasteiger partial charge is 0.489 e. The van der Waals surface area contributed by atoms with Crippen LogP contribution in [-0.4, -0.2) is 26.5 Å². The summed E-state index contributed by atoms with van der Waals surface area (Å²) in [6, 6.07) is 22.5. The normalized spacial score (nSPS) is 11.3. The summed E-state index contributed by atoms with van der Waals surface area (Å²) in [5.41, 5.74) is 2.92. The molecule has 0 bridgehead atoms. The highest BCUT2D eigenvalue weighted by Gasteiger charge is 2.29. The average molecular weight is 490 g/mol. The predicted molar refractivity (Wildman–Crippen MR) is 136 cm³/mol. The summed E-state index contributed by atoms with van der Waals surface area (Å²) >= 11 is 6.23. The number of halogens is 1. The summed E-state index contributed by atoms with van der Waals surface area (Å²) in [5.74, 6) is 1.30. The van der Waals surface area contributed by atoms with Gasteiger partial charge in [-0.3, -0.25) is 4.79 Å². The number of amides is 1. The lowest BCUT2D eigenvalue weighted by Gasteiger charge is -2.34. The topological polar surface area (TPSA) is 68.5 Å². The van der Waals surface area contributed by atoms with Gasteiger partial charge in [-0.1, -0.05) is 70.9 Å². The predicted octanol–water partition coefficient (Wildman–Crippen LogP) is 6.72. The van der Waals surface area contributed by atoms with Crippen LogP contribution < -0.4 is 4.74 Å². The number of nitrogens with zero attached hydrogens (tertiary/aromatic N) is 3. The standard InChI is InChI=1S/C28H28ClN3O3/c1-19-12-14-20(15-13-19)26-30-25(35-31-26)17-32(28(2,3)4)27(33)21-9-7-10-23(16-21)34-18-22-8-5-6-11-24(22)29/h5-16H,17-18H2,1-4H3. The summed E-state index contributed by atoms with van der Waals surface area (Å²) in [4.78, 5) is 19.8. The van der Waals surface area contributed by atoms with Gasteiger partial charge < -0.3 is 14.2 Å². The van der Waals surface area contributed by atoms with Crippen LogP contribution in [0.2, 0.25) is 5.02 Å². The van der Waals surface area contributed by atoms with Gasteiger partial charge in [0.15, 0.2) is 0 Å². The monoisotopic (exact) mass is 489 g/mol. The molecule has 1 aromatic heterocycles. The first kappa shape index (κ1) is 24.5. The van der Waals surface area contributed by atoms with Gasteiger partial charge in [0.1, 0.15) is 18.9 Å². The van der Waals surface area contributed by atoms with Gasteiger partial charge in [0.25, 0.3) is 5.91 Å². The molecule has 0 fully saturated rings. The van der Waals surface area contributed by atoms with Crippen LogP contribution >= 0.6 is 11.6 Å². The Hall–Kier alpha value is -3.64. The Bertz CT molecular complexity index is 1310. The van der Waals surface area contributed by atoms with E-state index < -0.39 is 5.54 Å². The number of carbonyl (C=O) groups excluding carboxylic acids is 1. The van der Waals surface area contributed by atoms with Gasteiger partial charge >= 0.3 is 0 Å². The molecule has 0 N–H and O–H groups in total. The summed E-state index contributed by atoms with van der Waals surface area (Å²) in [6.45, 7) is 8.44. The SMILES string of the molecule is Cc1ccc(-c2noc(CN(C(=O)c3cccc(OCc4ccccc4Cl)c3)C(C)(C)C)n2)cc1. The summed E-state index contributed by atoms with van der Waals surface area (Å²) in [5, 5.41) is 4.74. The quantitative estimate of drug-likeness (QED) is 0.288. The highest BCUT2D eigenvalue weighted by Crippen LogP contribution is 2.25. The lowest BCUT2D eigenvalue weighted by molar-refractivity contribution is 0.0526. The first-order valence-electron chi connectivity index (χ1n) is 11.4. The Labute approximate surface area is 210 Å². The molecule has 4 aromatic rings. The van der Waals surface area contributed by atoms with Gasteiger partial charge in [0, 0.05) is 27.3 Å². The molecule has 0 unspecified atom stereocenters. The summed E-state index contributed by atoms with van der Waals surface area (Å²) < 4.78 is 11.4. The van der Waals surface area contributed by atoms with Crippen molar-refractivity contribution in [2.45, 2.75) is 46.4 Å². The molecule has 0 saturated carbocycles. The number of aryl methyl sites for hydroxylation is 1. The van der Waals surface area contributed by atoms with E-state index in [1.54, 1.807) is 23.1 Å². The molecule has 3 aromatic carbocycles. The highest BCUT2D eigenvalue weighted by atomic mass is 35.5. The van der Waals surface area contributed by atoms with E-state index in [9.17, 15) is 4.79 Å². The van der Waals surface area contributed by atoms with Gasteiger partial charge in [-0.15, -0.1) is 0 Å². The van der Waals surface area contributed by atoms with Gasteiger partial charge in [-0.25, -0.2) is 0 Å². The zero-order valence-corrected chi connectivity index (χ0v) is 21.0. The molecule has 0 radical (unpaired) electrons. The number of aromatic nitrogens is 2. The second-order valence-electron chi connectivity index (χ2n) is 9.35. The van der Waals surface area contributed by atoms with E-state index >= 15 is 0 Å². The first-order valence-corrected chi connectivity index (χ1v) is 11.8. The number of ether oxygens (including phenoxy) is 1. The molecule has 0 aliphatic rings. The van der Waals surface area contributed by atoms with Crippen LogP contribution in [0.25, 0.3) is 11.4 Å². The Morgan fingerprint density at radius 2 is 1.77 bits per heavy atom. The zero-order valence-electron chi connectivity index (χ0n) is 20.3. The van der Waals surface area contributed by atoms with Crippen LogP contribution in [-0.2, 0) is 13.2 Å². The summed E-state index contributed by atoms with van der Waals surface area (Å²) in [7, 11) is 0. The van der Waals surface area contributed by atoms with E-state index in [2.05, 4.69) is 10.1 Å². The van der Waals surface area contributed by atoms with E-state index in [1.165, 1.54) is 0 Å². The molecular formula is C28H28ClN3O3. The van der Waals surface area contributed by atoms with Crippen molar-refractivity contribution < 1.29 is 14.1 Å². The fourth-order valence-electron chi connectivity index (χ4n) is 3.54. The van der Waals surface area contributed by atoms with Crippen molar-refractivity contribution in [2.75, 3.05) is 0 Å². The molecule has 4 rings (SSSR count). The van der Waals surface area contributed by atoms with Crippen molar-refractivity contribution in [3.8, 4) is 17.1 Å². The second-order valence-corrected chi connectivity index (χ2v) is 9.75. The highest BCUT2D eigenvalue weighted by molar-refractivity contribution is 6.31. The van der Waals surface area contributed by atoms with Crippen LogP contribution in [0.3, 0.4) is 0 Å². The number of rotatable bonds is 7. The molecule has 0 aliphatic heterocycles. The Kier molecular flexibility index (Phi) is 7.22. The third-order valence-corrected chi connectivity index (χ3v) is 5.93. The maximum Gasteiger partial charge on any atom is 0.254 e. The van der Waals surface area contributed by atoms with Crippen LogP contribution in [0.1, 0.15) is 48.1 Å². The van der Waals surface area contributed by atoms with Gasteiger partial charge in [0.2, 0.25) is 11.7 Å². The van der Waals surface area contributed by atoms with Crippen molar-refractivity contribution in [3.63, 3.8) is 0 Å². The van der Waals surface area contributed by atoms with Crippen molar-refractivity contribution in [1.82, 2.24) is 15.0 Å². The smallest absolute Gasteiger partial charge is 0.254 e. The maximum absolute atomic E-state index is 13.6. The summed E-state index contributed by atoms with van der Waals surface area (Å²) in [6.07, 6.45) is 0. The Balaban J connectivity index is 1.51. The Morgan fingerprint density at radius 1 is 1.03 bits per heavy atom. The molecule has 0 aliphatic carbocycles. The minimum atomic E-state index is -0.482. The molecule has 1 amide bonds. The third-order valence-electron chi connectivity index (χ3n) is 5.56. The van der Waals surface area contributed by atoms with Crippen LogP contribution in [0.5, 0.6) is 5.75 Å². The molecule has 7 heteroatoms. The number of hydrogen-bond acceptors (Lipinski definition) is 5. The van der Waals surface area contributed by atoms with E-state index in [0.29, 0.717) is 34.7 Å². The van der Waals surface area contributed by atoms with E-state index in [1.807, 2.05) is 82.3 Å². The van der Waals surface area contributed by atoms with E-state index in [0.717, 1.165) is 16.7 Å². The fraction of sp³-hybridized carbons (Fsp3) is 0.250. The van der Waals surface area contributed by atoms with Crippen LogP contribution in [0, 0.1) is 6.92 Å². The fourth-order valence-corrected chi connectivity index (χ4v) is 3.73. The Morgan fingerprint density at radius 3 is 2.49 bits per heavy atom. The van der Waals surface area contributed by atoms with Crippen molar-refractivity contribution in [2.24, 2.45) is 0 Å². The molecule has 0 saturated heterocycles. The van der Waals surface area contributed by atoms with E-state index in [-0.39, 0.29) is 12.5 Å². The number of hydrogen-bond donors (Lipinski definition) is 0. The van der Waals surface area contributed by atoms with Crippen molar-refractivity contribution in [3.05, 3.63) is 100 Å². The minimum Gasteiger partial charge on any atom is -0.489 e. The molecule has 1 heterocycles. The van der Waals surface area contributed by atoms with Crippen molar-refractivity contribution in [1.29, 1.82) is 0 Å².